The standard InChI is InChI=1S/C17H25N3/c1-3-13-6-7-17(19-16(13)4-1)20-11-8-14(9-12-20)15-5-2-10-18-15/h6-7,14-15,18H,1-5,8-12H2. The number of pyridine rings is 1. The van der Waals surface area contributed by atoms with Gasteiger partial charge in [-0.2, -0.15) is 0 Å². The Morgan fingerprint density at radius 2 is 1.95 bits per heavy atom. The summed E-state index contributed by atoms with van der Waals surface area (Å²) in [5.41, 5.74) is 2.85. The molecule has 2 aliphatic heterocycles. The van der Waals surface area contributed by atoms with E-state index in [1.54, 1.807) is 0 Å². The van der Waals surface area contributed by atoms with E-state index < -0.39 is 0 Å². The number of piperidine rings is 1. The van der Waals surface area contributed by atoms with E-state index in [9.17, 15) is 0 Å². The number of rotatable bonds is 2. The maximum Gasteiger partial charge on any atom is 0.128 e. The van der Waals surface area contributed by atoms with Gasteiger partial charge in [-0.15, -0.1) is 0 Å². The Balaban J connectivity index is 1.41. The van der Waals surface area contributed by atoms with Crippen LogP contribution in [0.5, 0.6) is 0 Å². The first-order valence-corrected chi connectivity index (χ1v) is 8.37. The van der Waals surface area contributed by atoms with Crippen molar-refractivity contribution in [1.29, 1.82) is 0 Å². The number of hydrogen-bond acceptors (Lipinski definition) is 3. The molecule has 2 fully saturated rings. The summed E-state index contributed by atoms with van der Waals surface area (Å²) in [5, 5.41) is 3.68. The number of nitrogens with zero attached hydrogens (tertiary/aromatic N) is 2. The molecule has 3 nitrogen and oxygen atoms in total. The highest BCUT2D eigenvalue weighted by Gasteiger charge is 2.29. The Bertz CT molecular complexity index is 471. The molecule has 1 aromatic heterocycles. The summed E-state index contributed by atoms with van der Waals surface area (Å²) in [6.45, 7) is 3.61. The summed E-state index contributed by atoms with van der Waals surface area (Å²) in [6, 6.07) is 5.36. The zero-order valence-corrected chi connectivity index (χ0v) is 12.3. The molecule has 0 bridgehead atoms. The summed E-state index contributed by atoms with van der Waals surface area (Å²) in [7, 11) is 0. The second-order valence-corrected chi connectivity index (χ2v) is 6.66. The minimum absolute atomic E-state index is 0.796. The fourth-order valence-electron chi connectivity index (χ4n) is 4.23. The van der Waals surface area contributed by atoms with Crippen molar-refractivity contribution in [2.24, 2.45) is 5.92 Å². The first-order valence-electron chi connectivity index (χ1n) is 8.37. The monoisotopic (exact) mass is 271 g/mol. The molecule has 20 heavy (non-hydrogen) atoms. The number of hydrogen-bond donors (Lipinski definition) is 1. The van der Waals surface area contributed by atoms with Crippen LogP contribution in [0.1, 0.15) is 43.4 Å². The smallest absolute Gasteiger partial charge is 0.128 e. The predicted molar refractivity (Wildman–Crippen MR) is 82.2 cm³/mol. The minimum Gasteiger partial charge on any atom is -0.357 e. The van der Waals surface area contributed by atoms with Gasteiger partial charge in [0, 0.05) is 24.8 Å². The first-order chi connectivity index (χ1) is 9.90. The summed E-state index contributed by atoms with van der Waals surface area (Å²) in [6.07, 6.45) is 9.14. The summed E-state index contributed by atoms with van der Waals surface area (Å²) >= 11 is 0. The van der Waals surface area contributed by atoms with Crippen LogP contribution in [-0.2, 0) is 12.8 Å². The molecule has 0 spiro atoms. The molecule has 0 saturated carbocycles. The van der Waals surface area contributed by atoms with Gasteiger partial charge in [-0.05, 0) is 69.0 Å². The van der Waals surface area contributed by atoms with Gasteiger partial charge in [-0.1, -0.05) is 6.07 Å². The van der Waals surface area contributed by atoms with Crippen LogP contribution in [0.25, 0.3) is 0 Å². The Morgan fingerprint density at radius 3 is 2.75 bits per heavy atom. The van der Waals surface area contributed by atoms with Gasteiger partial charge in [0.25, 0.3) is 0 Å². The average Bonchev–Trinajstić information content (AvgIpc) is 3.18. The van der Waals surface area contributed by atoms with Gasteiger partial charge in [-0.25, -0.2) is 4.98 Å². The van der Waals surface area contributed by atoms with Crippen molar-refractivity contribution in [2.45, 2.75) is 51.0 Å². The normalized spacial score (nSPS) is 27.0. The van der Waals surface area contributed by atoms with Crippen LogP contribution < -0.4 is 10.2 Å². The second kappa shape index (κ2) is 5.36. The van der Waals surface area contributed by atoms with Gasteiger partial charge in [0.05, 0.1) is 0 Å². The predicted octanol–water partition coefficient (Wildman–Crippen LogP) is 2.54. The van der Waals surface area contributed by atoms with Crippen LogP contribution >= 0.6 is 0 Å². The molecule has 2 saturated heterocycles. The molecule has 1 unspecified atom stereocenters. The lowest BCUT2D eigenvalue weighted by molar-refractivity contribution is 0.318. The van der Waals surface area contributed by atoms with E-state index >= 15 is 0 Å². The Kier molecular flexibility index (Phi) is 3.39. The van der Waals surface area contributed by atoms with Crippen molar-refractivity contribution in [2.75, 3.05) is 24.5 Å². The van der Waals surface area contributed by atoms with E-state index in [2.05, 4.69) is 22.3 Å². The van der Waals surface area contributed by atoms with E-state index in [4.69, 9.17) is 4.98 Å². The zero-order chi connectivity index (χ0) is 13.4. The maximum absolute atomic E-state index is 4.91. The molecule has 1 aliphatic carbocycles. The molecule has 1 N–H and O–H groups in total. The third kappa shape index (κ3) is 2.32. The van der Waals surface area contributed by atoms with Crippen LogP contribution in [0.2, 0.25) is 0 Å². The van der Waals surface area contributed by atoms with Crippen molar-refractivity contribution in [1.82, 2.24) is 10.3 Å². The van der Waals surface area contributed by atoms with Gasteiger partial charge >= 0.3 is 0 Å². The molecule has 4 rings (SSSR count). The minimum atomic E-state index is 0.796. The molecular weight excluding hydrogens is 246 g/mol. The molecule has 0 amide bonds. The lowest BCUT2D eigenvalue weighted by Crippen LogP contribution is -2.41. The third-order valence-electron chi connectivity index (χ3n) is 5.44. The van der Waals surface area contributed by atoms with Crippen molar-refractivity contribution in [3.05, 3.63) is 23.4 Å². The number of anilines is 1. The molecule has 0 aromatic carbocycles. The van der Waals surface area contributed by atoms with E-state index in [-0.39, 0.29) is 0 Å². The van der Waals surface area contributed by atoms with Crippen molar-refractivity contribution in [3.8, 4) is 0 Å². The van der Waals surface area contributed by atoms with Crippen LogP contribution in [0.15, 0.2) is 12.1 Å². The van der Waals surface area contributed by atoms with E-state index in [0.29, 0.717) is 0 Å². The number of nitrogens with one attached hydrogen (secondary N) is 1. The number of fused-ring (bicyclic) bond motifs is 1. The van der Waals surface area contributed by atoms with Crippen LogP contribution in [0.4, 0.5) is 5.82 Å². The maximum atomic E-state index is 4.91. The van der Waals surface area contributed by atoms with Crippen molar-refractivity contribution < 1.29 is 0 Å². The summed E-state index contributed by atoms with van der Waals surface area (Å²) < 4.78 is 0. The average molecular weight is 271 g/mol. The van der Waals surface area contributed by atoms with Gasteiger partial charge in [0.1, 0.15) is 5.82 Å². The molecule has 108 valence electrons. The van der Waals surface area contributed by atoms with Gasteiger partial charge < -0.3 is 10.2 Å². The van der Waals surface area contributed by atoms with E-state index in [0.717, 1.165) is 12.0 Å². The lowest BCUT2D eigenvalue weighted by Gasteiger charge is -2.35. The second-order valence-electron chi connectivity index (χ2n) is 6.66. The largest absolute Gasteiger partial charge is 0.357 e. The Morgan fingerprint density at radius 1 is 1.05 bits per heavy atom. The van der Waals surface area contributed by atoms with E-state index in [1.165, 1.54) is 81.7 Å². The Hall–Kier alpha value is -1.09. The molecule has 3 aliphatic rings. The molecule has 3 heteroatoms. The molecule has 3 heterocycles. The number of aryl methyl sites for hydroxylation is 2. The molecule has 1 atom stereocenters. The van der Waals surface area contributed by atoms with Gasteiger partial charge in [-0.3, -0.25) is 0 Å². The molecule has 1 aromatic rings. The molecular formula is C17H25N3. The Labute approximate surface area is 121 Å². The highest BCUT2D eigenvalue weighted by molar-refractivity contribution is 5.43. The fraction of sp³-hybridized carbons (Fsp3) is 0.706. The van der Waals surface area contributed by atoms with Crippen LogP contribution in [0, 0.1) is 5.92 Å². The third-order valence-corrected chi connectivity index (χ3v) is 5.44. The lowest BCUT2D eigenvalue weighted by atomic mass is 9.88. The quantitative estimate of drug-likeness (QED) is 0.896. The summed E-state index contributed by atoms with van der Waals surface area (Å²) in [4.78, 5) is 7.41. The zero-order valence-electron chi connectivity index (χ0n) is 12.3. The van der Waals surface area contributed by atoms with Gasteiger partial charge in [0.15, 0.2) is 0 Å². The van der Waals surface area contributed by atoms with Crippen LogP contribution in [0.3, 0.4) is 0 Å². The van der Waals surface area contributed by atoms with E-state index in [1.807, 2.05) is 0 Å². The summed E-state index contributed by atoms with van der Waals surface area (Å²) in [5.74, 6) is 2.12. The van der Waals surface area contributed by atoms with Crippen LogP contribution in [-0.4, -0.2) is 30.7 Å². The van der Waals surface area contributed by atoms with Gasteiger partial charge in [0.2, 0.25) is 0 Å². The topological polar surface area (TPSA) is 28.2 Å². The number of aromatic nitrogens is 1. The SMILES string of the molecule is c1cc2c(nc1N1CCC(C3CCCN3)CC1)CCC2. The fourth-order valence-corrected chi connectivity index (χ4v) is 4.23. The highest BCUT2D eigenvalue weighted by Crippen LogP contribution is 2.29. The van der Waals surface area contributed by atoms with Crippen molar-refractivity contribution in [3.63, 3.8) is 0 Å². The molecule has 0 radical (unpaired) electrons. The first kappa shape index (κ1) is 12.6. The highest BCUT2D eigenvalue weighted by atomic mass is 15.2. The van der Waals surface area contributed by atoms with Crippen molar-refractivity contribution >= 4 is 5.82 Å².